The minimum absolute atomic E-state index is 0.0758. The zero-order valence-electron chi connectivity index (χ0n) is 12.3. The van der Waals surface area contributed by atoms with Crippen LogP contribution in [0.2, 0.25) is 0 Å². The average molecular weight is 317 g/mol. The molecule has 1 aromatic carbocycles. The highest BCUT2D eigenvalue weighted by atomic mass is 19.1. The summed E-state index contributed by atoms with van der Waals surface area (Å²) in [4.78, 5) is 27.1. The first-order chi connectivity index (χ1) is 11.0. The lowest BCUT2D eigenvalue weighted by molar-refractivity contribution is 0.583. The zero-order chi connectivity index (χ0) is 16.3. The number of imidazole rings is 1. The highest BCUT2D eigenvalue weighted by Gasteiger charge is 2.26. The van der Waals surface area contributed by atoms with E-state index in [9.17, 15) is 18.4 Å². The van der Waals surface area contributed by atoms with Crippen LogP contribution in [0.15, 0.2) is 27.8 Å². The highest BCUT2D eigenvalue weighted by molar-refractivity contribution is 5.80. The third-order valence-corrected chi connectivity index (χ3v) is 4.29. The lowest BCUT2D eigenvalue weighted by atomic mass is 10.2. The molecule has 5 nitrogen and oxygen atoms in total. The Kier molecular flexibility index (Phi) is 2.81. The van der Waals surface area contributed by atoms with Crippen LogP contribution in [0.5, 0.6) is 0 Å². The molecule has 7 heteroatoms. The van der Waals surface area contributed by atoms with Gasteiger partial charge in [-0.1, -0.05) is 6.07 Å². The predicted molar refractivity (Wildman–Crippen MR) is 81.1 cm³/mol. The molecule has 0 spiro atoms. The maximum atomic E-state index is 14.6. The smallest absolute Gasteiger partial charge is 0.308 e. The van der Waals surface area contributed by atoms with Gasteiger partial charge >= 0.3 is 5.69 Å². The Morgan fingerprint density at radius 1 is 1.22 bits per heavy atom. The number of pyridine rings is 1. The van der Waals surface area contributed by atoms with Crippen LogP contribution in [-0.2, 0) is 13.0 Å². The third-order valence-electron chi connectivity index (χ3n) is 4.29. The summed E-state index contributed by atoms with van der Waals surface area (Å²) in [5, 5.41) is 0. The van der Waals surface area contributed by atoms with E-state index in [0.29, 0.717) is 30.6 Å². The number of nitrogens with one attached hydrogen (secondary N) is 1. The molecule has 0 saturated heterocycles. The Balaban J connectivity index is 2.17. The molecule has 23 heavy (non-hydrogen) atoms. The number of nitrogens with zero attached hydrogens (tertiary/aromatic N) is 2. The van der Waals surface area contributed by atoms with Crippen LogP contribution in [0, 0.1) is 18.6 Å². The lowest BCUT2D eigenvalue weighted by Gasteiger charge is -2.08. The maximum Gasteiger partial charge on any atom is 0.331 e. The molecule has 0 unspecified atom stereocenters. The van der Waals surface area contributed by atoms with Gasteiger partial charge in [-0.2, -0.15) is 4.39 Å². The first-order valence-corrected chi connectivity index (χ1v) is 7.31. The number of H-pyrrole nitrogens is 1. The van der Waals surface area contributed by atoms with Crippen molar-refractivity contribution in [3.63, 3.8) is 0 Å². The molecule has 0 bridgehead atoms. The molecule has 0 radical (unpaired) electrons. The molecule has 0 atom stereocenters. The number of benzene rings is 1. The van der Waals surface area contributed by atoms with Gasteiger partial charge in [-0.05, 0) is 37.5 Å². The molecular formula is C16H13F2N3O2. The highest BCUT2D eigenvalue weighted by Crippen LogP contribution is 2.25. The quantitative estimate of drug-likeness (QED) is 0.746. The van der Waals surface area contributed by atoms with Gasteiger partial charge in [-0.15, -0.1) is 0 Å². The lowest BCUT2D eigenvalue weighted by Crippen LogP contribution is -2.24. The van der Waals surface area contributed by atoms with Crippen molar-refractivity contribution in [1.82, 2.24) is 14.1 Å². The van der Waals surface area contributed by atoms with Crippen LogP contribution < -0.4 is 11.2 Å². The summed E-state index contributed by atoms with van der Waals surface area (Å²) in [5.41, 5.74) is -0.156. The summed E-state index contributed by atoms with van der Waals surface area (Å²) < 4.78 is 31.1. The van der Waals surface area contributed by atoms with Gasteiger partial charge in [0, 0.05) is 12.2 Å². The fraction of sp³-hybridized carbons (Fsp3) is 0.250. The summed E-state index contributed by atoms with van der Waals surface area (Å²) in [6.07, 6.45) is 1.28. The van der Waals surface area contributed by atoms with Gasteiger partial charge in [-0.25, -0.2) is 9.18 Å². The van der Waals surface area contributed by atoms with Crippen molar-refractivity contribution >= 4 is 11.0 Å². The van der Waals surface area contributed by atoms with Gasteiger partial charge < -0.3 is 9.55 Å². The minimum atomic E-state index is -1.04. The van der Waals surface area contributed by atoms with Gasteiger partial charge in [0.05, 0.1) is 11.2 Å². The molecule has 1 aliphatic rings. The Labute approximate surface area is 128 Å². The topological polar surface area (TPSA) is 59.8 Å². The SMILES string of the molecule is Cc1ccc(-n2c(=O)[nH]c3c4n(c(=O)c(F)c32)CCC4)c(F)c1. The van der Waals surface area contributed by atoms with Crippen LogP contribution >= 0.6 is 0 Å². The Hall–Kier alpha value is -2.70. The van der Waals surface area contributed by atoms with Gasteiger partial charge in [0.25, 0.3) is 5.56 Å². The first kappa shape index (κ1) is 13.9. The number of fused-ring (bicyclic) bond motifs is 3. The van der Waals surface area contributed by atoms with Gasteiger partial charge in [0.15, 0.2) is 0 Å². The molecule has 3 heterocycles. The second-order valence-electron chi connectivity index (χ2n) is 5.77. The minimum Gasteiger partial charge on any atom is -0.308 e. The van der Waals surface area contributed by atoms with Crippen molar-refractivity contribution in [2.45, 2.75) is 26.3 Å². The molecule has 2 aromatic heterocycles. The van der Waals surface area contributed by atoms with Crippen LogP contribution in [0.3, 0.4) is 0 Å². The summed E-state index contributed by atoms with van der Waals surface area (Å²) in [5.74, 6) is -1.68. The number of halogens is 2. The average Bonchev–Trinajstić information content (AvgIpc) is 3.10. The standard InChI is InChI=1S/C16H13F2N3O2/c1-8-4-5-10(9(17)7-8)21-14-12(18)15(22)20-6-2-3-11(20)13(14)19-16(21)23/h4-5,7H,2-3,6H2,1H3,(H,19,23). The first-order valence-electron chi connectivity index (χ1n) is 7.31. The van der Waals surface area contributed by atoms with Crippen molar-refractivity contribution in [3.05, 3.63) is 61.9 Å². The largest absolute Gasteiger partial charge is 0.331 e. The van der Waals surface area contributed by atoms with Crippen molar-refractivity contribution in [2.75, 3.05) is 0 Å². The van der Waals surface area contributed by atoms with Crippen LogP contribution in [0.4, 0.5) is 8.78 Å². The van der Waals surface area contributed by atoms with Crippen LogP contribution in [0.25, 0.3) is 16.7 Å². The van der Waals surface area contributed by atoms with Crippen molar-refractivity contribution in [3.8, 4) is 5.69 Å². The summed E-state index contributed by atoms with van der Waals surface area (Å²) in [6, 6.07) is 4.30. The van der Waals surface area contributed by atoms with Crippen molar-refractivity contribution < 1.29 is 8.78 Å². The molecule has 1 aliphatic heterocycles. The normalized spacial score (nSPS) is 13.7. The Morgan fingerprint density at radius 2 is 2.00 bits per heavy atom. The number of aryl methyl sites for hydroxylation is 2. The molecular weight excluding hydrogens is 304 g/mol. The number of aromatic nitrogens is 3. The Bertz CT molecular complexity index is 1080. The van der Waals surface area contributed by atoms with Crippen molar-refractivity contribution in [2.24, 2.45) is 0 Å². The summed E-state index contributed by atoms with van der Waals surface area (Å²) in [6.45, 7) is 2.14. The molecule has 3 aromatic rings. The van der Waals surface area contributed by atoms with E-state index in [0.717, 1.165) is 4.57 Å². The van der Waals surface area contributed by atoms with Crippen LogP contribution in [0.1, 0.15) is 17.7 Å². The number of hydrogen-bond donors (Lipinski definition) is 1. The van der Waals surface area contributed by atoms with Gasteiger partial charge in [-0.3, -0.25) is 9.36 Å². The monoisotopic (exact) mass is 317 g/mol. The predicted octanol–water partition coefficient (Wildman–Crippen LogP) is 2.01. The molecule has 0 saturated carbocycles. The molecule has 0 aliphatic carbocycles. The second-order valence-corrected chi connectivity index (χ2v) is 5.77. The van der Waals surface area contributed by atoms with E-state index in [1.54, 1.807) is 13.0 Å². The molecule has 4 rings (SSSR count). The number of hydrogen-bond acceptors (Lipinski definition) is 2. The molecule has 118 valence electrons. The fourth-order valence-electron chi connectivity index (χ4n) is 3.25. The van der Waals surface area contributed by atoms with E-state index in [1.807, 2.05) is 0 Å². The summed E-state index contributed by atoms with van der Waals surface area (Å²) in [7, 11) is 0. The zero-order valence-corrected chi connectivity index (χ0v) is 12.3. The second kappa shape index (κ2) is 4.65. The molecule has 1 N–H and O–H groups in total. The van der Waals surface area contributed by atoms with E-state index in [1.165, 1.54) is 16.7 Å². The van der Waals surface area contributed by atoms with Gasteiger partial charge in [0.2, 0.25) is 5.82 Å². The molecule has 0 amide bonds. The van der Waals surface area contributed by atoms with Crippen LogP contribution in [-0.4, -0.2) is 14.1 Å². The maximum absolute atomic E-state index is 14.6. The van der Waals surface area contributed by atoms with E-state index in [-0.39, 0.29) is 16.7 Å². The van der Waals surface area contributed by atoms with Gasteiger partial charge in [0.1, 0.15) is 11.3 Å². The fourth-order valence-corrected chi connectivity index (χ4v) is 3.25. The van der Waals surface area contributed by atoms with E-state index >= 15 is 0 Å². The van der Waals surface area contributed by atoms with E-state index in [4.69, 9.17) is 0 Å². The van der Waals surface area contributed by atoms with Crippen molar-refractivity contribution in [1.29, 1.82) is 0 Å². The molecule has 0 fully saturated rings. The van der Waals surface area contributed by atoms with E-state index < -0.39 is 22.9 Å². The third kappa shape index (κ3) is 1.82. The summed E-state index contributed by atoms with van der Waals surface area (Å²) >= 11 is 0. The number of aromatic amines is 1. The van der Waals surface area contributed by atoms with E-state index in [2.05, 4.69) is 4.98 Å². The Morgan fingerprint density at radius 3 is 2.74 bits per heavy atom. The number of rotatable bonds is 1.